The summed E-state index contributed by atoms with van der Waals surface area (Å²) < 4.78 is 5.44. The van der Waals surface area contributed by atoms with Crippen LogP contribution in [0, 0.1) is 11.3 Å². The molecule has 2 fully saturated rings. The van der Waals surface area contributed by atoms with Crippen LogP contribution in [0.5, 0.6) is 0 Å². The Labute approximate surface area is 101 Å². The summed E-state index contributed by atoms with van der Waals surface area (Å²) >= 11 is 4.93. The molecule has 2 aliphatic rings. The van der Waals surface area contributed by atoms with Crippen LogP contribution in [0.15, 0.2) is 0 Å². The Morgan fingerprint density at radius 1 is 1.62 bits per heavy atom. The number of ether oxygens (including phenoxy) is 1. The van der Waals surface area contributed by atoms with Gasteiger partial charge in [0, 0.05) is 19.1 Å². The van der Waals surface area contributed by atoms with E-state index in [4.69, 9.17) is 22.7 Å². The Morgan fingerprint density at radius 2 is 2.31 bits per heavy atom. The van der Waals surface area contributed by atoms with Crippen molar-refractivity contribution in [2.75, 3.05) is 13.2 Å². The van der Waals surface area contributed by atoms with Crippen LogP contribution in [0.25, 0.3) is 0 Å². The van der Waals surface area contributed by atoms with Crippen LogP contribution < -0.4 is 11.1 Å². The molecule has 2 atom stereocenters. The molecule has 0 aromatic heterocycles. The zero-order chi connectivity index (χ0) is 11.8. The van der Waals surface area contributed by atoms with Gasteiger partial charge < -0.3 is 15.8 Å². The van der Waals surface area contributed by atoms with E-state index in [2.05, 4.69) is 5.32 Å². The van der Waals surface area contributed by atoms with E-state index in [1.165, 1.54) is 0 Å². The largest absolute Gasteiger partial charge is 0.392 e. The lowest BCUT2D eigenvalue weighted by molar-refractivity contribution is -0.124. The molecule has 0 bridgehead atoms. The Kier molecular flexibility index (Phi) is 3.17. The zero-order valence-electron chi connectivity index (χ0n) is 9.49. The first-order valence-electron chi connectivity index (χ1n) is 5.76. The molecule has 0 aromatic carbocycles. The smallest absolute Gasteiger partial charge is 0.233 e. The lowest BCUT2D eigenvalue weighted by atomic mass is 10.0. The van der Waals surface area contributed by atoms with E-state index in [0.29, 0.717) is 17.5 Å². The van der Waals surface area contributed by atoms with Crippen LogP contribution in [0.3, 0.4) is 0 Å². The Balaban J connectivity index is 1.82. The Morgan fingerprint density at radius 3 is 2.75 bits per heavy atom. The number of amides is 1. The van der Waals surface area contributed by atoms with Gasteiger partial charge in [0.25, 0.3) is 0 Å². The minimum Gasteiger partial charge on any atom is -0.392 e. The molecule has 1 saturated heterocycles. The lowest BCUT2D eigenvalue weighted by Gasteiger charge is -2.18. The van der Waals surface area contributed by atoms with Gasteiger partial charge in [-0.3, -0.25) is 4.79 Å². The molecule has 1 saturated carbocycles. The van der Waals surface area contributed by atoms with Gasteiger partial charge in [-0.2, -0.15) is 0 Å². The van der Waals surface area contributed by atoms with Crippen molar-refractivity contribution in [1.29, 1.82) is 0 Å². The summed E-state index contributed by atoms with van der Waals surface area (Å²) in [5.41, 5.74) is 5.06. The van der Waals surface area contributed by atoms with Gasteiger partial charge in [0.15, 0.2) is 0 Å². The third-order valence-corrected chi connectivity index (χ3v) is 4.11. The van der Waals surface area contributed by atoms with E-state index in [0.717, 1.165) is 25.9 Å². The maximum absolute atomic E-state index is 11.9. The fraction of sp³-hybridized carbons (Fsp3) is 0.818. The fourth-order valence-corrected chi connectivity index (χ4v) is 2.44. The second-order valence-electron chi connectivity index (χ2n) is 4.78. The minimum absolute atomic E-state index is 0.000833. The van der Waals surface area contributed by atoms with E-state index in [1.54, 1.807) is 0 Å². The fourth-order valence-electron chi connectivity index (χ4n) is 2.15. The van der Waals surface area contributed by atoms with E-state index < -0.39 is 5.41 Å². The second kappa shape index (κ2) is 4.30. The van der Waals surface area contributed by atoms with Gasteiger partial charge in [0.05, 0.1) is 16.5 Å². The number of nitrogens with two attached hydrogens (primary N) is 1. The van der Waals surface area contributed by atoms with Crippen molar-refractivity contribution in [2.24, 2.45) is 17.1 Å². The van der Waals surface area contributed by atoms with Gasteiger partial charge in [-0.1, -0.05) is 12.2 Å². The molecule has 0 spiro atoms. The molecule has 1 aliphatic carbocycles. The van der Waals surface area contributed by atoms with Crippen LogP contribution in [-0.4, -0.2) is 30.2 Å². The van der Waals surface area contributed by atoms with Crippen molar-refractivity contribution < 1.29 is 9.53 Å². The molecule has 3 N–H and O–H groups in total. The highest BCUT2D eigenvalue weighted by molar-refractivity contribution is 7.80. The van der Waals surface area contributed by atoms with Crippen molar-refractivity contribution in [3.63, 3.8) is 0 Å². The number of hydrogen-bond acceptors (Lipinski definition) is 3. The van der Waals surface area contributed by atoms with Gasteiger partial charge in [-0.05, 0) is 26.2 Å². The van der Waals surface area contributed by atoms with Crippen molar-refractivity contribution in [3.05, 3.63) is 0 Å². The monoisotopic (exact) mass is 242 g/mol. The first-order valence-corrected chi connectivity index (χ1v) is 6.17. The molecular weight excluding hydrogens is 224 g/mol. The number of carbonyl (C=O) groups is 1. The topological polar surface area (TPSA) is 64.3 Å². The summed E-state index contributed by atoms with van der Waals surface area (Å²) in [7, 11) is 0. The summed E-state index contributed by atoms with van der Waals surface area (Å²) in [5, 5.41) is 2.95. The Hall–Kier alpha value is -0.680. The predicted molar refractivity (Wildman–Crippen MR) is 65.0 cm³/mol. The summed E-state index contributed by atoms with van der Waals surface area (Å²) in [6.07, 6.45) is 2.84. The average molecular weight is 242 g/mol. The molecule has 5 heteroatoms. The average Bonchev–Trinajstić information content (AvgIpc) is 2.95. The first kappa shape index (κ1) is 11.8. The van der Waals surface area contributed by atoms with Crippen molar-refractivity contribution in [1.82, 2.24) is 5.32 Å². The minimum atomic E-state index is -0.530. The van der Waals surface area contributed by atoms with Crippen LogP contribution in [-0.2, 0) is 9.53 Å². The molecule has 0 radical (unpaired) electrons. The van der Waals surface area contributed by atoms with Gasteiger partial charge in [0.2, 0.25) is 5.91 Å². The van der Waals surface area contributed by atoms with Gasteiger partial charge in [0.1, 0.15) is 0 Å². The molecule has 1 amide bonds. The van der Waals surface area contributed by atoms with Crippen molar-refractivity contribution >= 4 is 23.1 Å². The highest BCUT2D eigenvalue weighted by Gasteiger charge is 2.52. The number of rotatable bonds is 4. The molecular formula is C11H18N2O2S. The van der Waals surface area contributed by atoms with Crippen LogP contribution in [0.2, 0.25) is 0 Å². The number of carbonyl (C=O) groups excluding carboxylic acids is 1. The van der Waals surface area contributed by atoms with Gasteiger partial charge in [-0.25, -0.2) is 0 Å². The van der Waals surface area contributed by atoms with Crippen molar-refractivity contribution in [3.8, 4) is 0 Å². The maximum Gasteiger partial charge on any atom is 0.233 e. The van der Waals surface area contributed by atoms with E-state index in [9.17, 15) is 4.79 Å². The normalized spacial score (nSPS) is 31.1. The van der Waals surface area contributed by atoms with E-state index in [1.807, 2.05) is 6.92 Å². The highest BCUT2D eigenvalue weighted by Crippen LogP contribution is 2.46. The van der Waals surface area contributed by atoms with Crippen molar-refractivity contribution in [2.45, 2.75) is 32.3 Å². The van der Waals surface area contributed by atoms with E-state index in [-0.39, 0.29) is 12.0 Å². The number of hydrogen-bond donors (Lipinski definition) is 2. The first-order chi connectivity index (χ1) is 7.56. The maximum atomic E-state index is 11.9. The van der Waals surface area contributed by atoms with Crippen LogP contribution in [0.1, 0.15) is 26.2 Å². The van der Waals surface area contributed by atoms with Crippen LogP contribution in [0.4, 0.5) is 0 Å². The Bertz CT molecular complexity index is 315. The SMILES string of the molecule is CC1OCCC1CNC(=O)C1(C(N)=S)CC1. The third kappa shape index (κ3) is 2.06. The number of nitrogens with one attached hydrogen (secondary N) is 1. The second-order valence-corrected chi connectivity index (χ2v) is 5.22. The standard InChI is InChI=1S/C11H18N2O2S/c1-7-8(2-5-15-7)6-13-10(14)11(3-4-11)9(12)16/h7-8H,2-6H2,1H3,(H2,12,16)(H,13,14). The number of thiocarbonyl (C=S) groups is 1. The summed E-state index contributed by atoms with van der Waals surface area (Å²) in [6.45, 7) is 3.51. The van der Waals surface area contributed by atoms with Crippen LogP contribution >= 0.6 is 12.2 Å². The summed E-state index contributed by atoms with van der Waals surface area (Å²) in [4.78, 5) is 12.2. The summed E-state index contributed by atoms with van der Waals surface area (Å²) in [6, 6.07) is 0. The lowest BCUT2D eigenvalue weighted by Crippen LogP contribution is -2.42. The third-order valence-electron chi connectivity index (χ3n) is 3.71. The molecule has 16 heavy (non-hydrogen) atoms. The molecule has 1 aliphatic heterocycles. The highest BCUT2D eigenvalue weighted by atomic mass is 32.1. The molecule has 1 heterocycles. The quantitative estimate of drug-likeness (QED) is 0.708. The summed E-state index contributed by atoms with van der Waals surface area (Å²) in [5.74, 6) is 0.421. The molecule has 4 nitrogen and oxygen atoms in total. The van der Waals surface area contributed by atoms with Gasteiger partial charge >= 0.3 is 0 Å². The predicted octanol–water partition coefficient (Wildman–Crippen LogP) is 0.594. The molecule has 2 rings (SSSR count). The van der Waals surface area contributed by atoms with E-state index >= 15 is 0 Å². The molecule has 90 valence electrons. The molecule has 2 unspecified atom stereocenters. The van der Waals surface area contributed by atoms with Gasteiger partial charge in [-0.15, -0.1) is 0 Å². The zero-order valence-corrected chi connectivity index (χ0v) is 10.3. The molecule has 0 aromatic rings.